The van der Waals surface area contributed by atoms with Crippen molar-refractivity contribution < 1.29 is 9.32 Å². The molecule has 1 heterocycles. The van der Waals surface area contributed by atoms with Crippen LogP contribution in [0.1, 0.15) is 19.0 Å². The Bertz CT molecular complexity index is 295. The molecule has 0 radical (unpaired) electrons. The lowest BCUT2D eigenvalue weighted by atomic mass is 10.3. The van der Waals surface area contributed by atoms with E-state index in [-0.39, 0.29) is 11.8 Å². The summed E-state index contributed by atoms with van der Waals surface area (Å²) in [6, 6.07) is 1.75. The summed E-state index contributed by atoms with van der Waals surface area (Å²) in [5.74, 6) is 0.916. The van der Waals surface area contributed by atoms with Crippen LogP contribution in [0, 0.1) is 11.8 Å². The fourth-order valence-electron chi connectivity index (χ4n) is 1.32. The zero-order chi connectivity index (χ0) is 9.26. The molecule has 1 amide bonds. The van der Waals surface area contributed by atoms with Crippen LogP contribution < -0.4 is 5.32 Å². The third-order valence-electron chi connectivity index (χ3n) is 2.38. The molecule has 2 atom stereocenters. The molecule has 0 spiro atoms. The van der Waals surface area contributed by atoms with Crippen molar-refractivity contribution in [2.45, 2.75) is 19.9 Å². The molecule has 0 bridgehead atoms. The first-order chi connectivity index (χ1) is 6.27. The van der Waals surface area contributed by atoms with Gasteiger partial charge >= 0.3 is 0 Å². The average molecular weight is 180 g/mol. The van der Waals surface area contributed by atoms with E-state index in [1.807, 2.05) is 0 Å². The van der Waals surface area contributed by atoms with E-state index in [9.17, 15) is 4.79 Å². The highest BCUT2D eigenvalue weighted by Gasteiger charge is 2.38. The van der Waals surface area contributed by atoms with Gasteiger partial charge in [-0.15, -0.1) is 0 Å². The Morgan fingerprint density at radius 3 is 3.15 bits per heavy atom. The largest absolute Gasteiger partial charge is 0.364 e. The van der Waals surface area contributed by atoms with Crippen LogP contribution in [0.2, 0.25) is 0 Å². The fourth-order valence-corrected chi connectivity index (χ4v) is 1.32. The van der Waals surface area contributed by atoms with Crippen LogP contribution in [0.5, 0.6) is 0 Å². The van der Waals surface area contributed by atoms with Crippen molar-refractivity contribution in [1.29, 1.82) is 0 Å². The zero-order valence-electron chi connectivity index (χ0n) is 7.49. The summed E-state index contributed by atoms with van der Waals surface area (Å²) in [7, 11) is 0. The van der Waals surface area contributed by atoms with Gasteiger partial charge in [-0.1, -0.05) is 12.1 Å². The molecule has 1 aliphatic rings. The smallest absolute Gasteiger partial charge is 0.223 e. The SMILES string of the molecule is CC1CC1C(=O)NCc1ccon1. The van der Waals surface area contributed by atoms with Gasteiger partial charge in [0.25, 0.3) is 0 Å². The van der Waals surface area contributed by atoms with Gasteiger partial charge < -0.3 is 9.84 Å². The summed E-state index contributed by atoms with van der Waals surface area (Å²) in [4.78, 5) is 11.3. The van der Waals surface area contributed by atoms with Crippen LogP contribution in [-0.4, -0.2) is 11.1 Å². The molecule has 1 fully saturated rings. The summed E-state index contributed by atoms with van der Waals surface area (Å²) in [5, 5.41) is 6.51. The van der Waals surface area contributed by atoms with Crippen molar-refractivity contribution in [1.82, 2.24) is 10.5 Å². The van der Waals surface area contributed by atoms with E-state index in [0.717, 1.165) is 12.1 Å². The van der Waals surface area contributed by atoms with Crippen LogP contribution in [0.4, 0.5) is 0 Å². The van der Waals surface area contributed by atoms with E-state index in [1.54, 1.807) is 6.07 Å². The fraction of sp³-hybridized carbons (Fsp3) is 0.556. The molecule has 1 saturated carbocycles. The Labute approximate surface area is 76.3 Å². The van der Waals surface area contributed by atoms with Gasteiger partial charge in [-0.25, -0.2) is 0 Å². The molecule has 4 heteroatoms. The van der Waals surface area contributed by atoms with Crippen LogP contribution >= 0.6 is 0 Å². The summed E-state index contributed by atoms with van der Waals surface area (Å²) < 4.78 is 4.64. The molecule has 1 aromatic rings. The quantitative estimate of drug-likeness (QED) is 0.753. The maximum atomic E-state index is 11.3. The number of hydrogen-bond donors (Lipinski definition) is 1. The topological polar surface area (TPSA) is 55.1 Å². The van der Waals surface area contributed by atoms with Gasteiger partial charge in [0.2, 0.25) is 5.91 Å². The highest BCUT2D eigenvalue weighted by molar-refractivity contribution is 5.81. The number of carbonyl (C=O) groups excluding carboxylic acids is 1. The molecule has 0 saturated heterocycles. The Balaban J connectivity index is 1.77. The lowest BCUT2D eigenvalue weighted by molar-refractivity contribution is -0.122. The minimum absolute atomic E-state index is 0.135. The van der Waals surface area contributed by atoms with Crippen LogP contribution in [0.3, 0.4) is 0 Å². The lowest BCUT2D eigenvalue weighted by Gasteiger charge is -2.00. The van der Waals surface area contributed by atoms with Crippen molar-refractivity contribution in [3.05, 3.63) is 18.0 Å². The van der Waals surface area contributed by atoms with E-state index in [2.05, 4.69) is 21.9 Å². The second-order valence-electron chi connectivity index (χ2n) is 3.53. The van der Waals surface area contributed by atoms with E-state index >= 15 is 0 Å². The van der Waals surface area contributed by atoms with Gasteiger partial charge in [0, 0.05) is 12.0 Å². The Kier molecular flexibility index (Phi) is 2.04. The van der Waals surface area contributed by atoms with E-state index < -0.39 is 0 Å². The third-order valence-corrected chi connectivity index (χ3v) is 2.38. The third kappa shape index (κ3) is 1.88. The maximum Gasteiger partial charge on any atom is 0.223 e. The van der Waals surface area contributed by atoms with Crippen molar-refractivity contribution in [3.8, 4) is 0 Å². The standard InChI is InChI=1S/C9H12N2O2/c1-6-4-8(6)9(12)10-5-7-2-3-13-11-7/h2-3,6,8H,4-5H2,1H3,(H,10,12). The van der Waals surface area contributed by atoms with E-state index in [1.165, 1.54) is 6.26 Å². The number of amides is 1. The number of carbonyl (C=O) groups is 1. The summed E-state index contributed by atoms with van der Waals surface area (Å²) in [5.41, 5.74) is 0.765. The van der Waals surface area contributed by atoms with Crippen molar-refractivity contribution in [2.24, 2.45) is 11.8 Å². The Morgan fingerprint density at radius 1 is 1.85 bits per heavy atom. The maximum absolute atomic E-state index is 11.3. The highest BCUT2D eigenvalue weighted by atomic mass is 16.5. The molecule has 0 aliphatic heterocycles. The van der Waals surface area contributed by atoms with Crippen molar-refractivity contribution in [2.75, 3.05) is 0 Å². The molecule has 1 aliphatic carbocycles. The minimum atomic E-state index is 0.135. The molecule has 1 N–H and O–H groups in total. The molecule has 70 valence electrons. The molecule has 4 nitrogen and oxygen atoms in total. The van der Waals surface area contributed by atoms with Gasteiger partial charge in [0.1, 0.15) is 12.0 Å². The second kappa shape index (κ2) is 3.20. The number of aromatic nitrogens is 1. The van der Waals surface area contributed by atoms with Crippen LogP contribution in [0.15, 0.2) is 16.9 Å². The molecule has 13 heavy (non-hydrogen) atoms. The van der Waals surface area contributed by atoms with E-state index in [4.69, 9.17) is 0 Å². The first kappa shape index (κ1) is 8.29. The molecule has 2 rings (SSSR count). The number of nitrogens with one attached hydrogen (secondary N) is 1. The normalized spacial score (nSPS) is 25.6. The first-order valence-electron chi connectivity index (χ1n) is 4.44. The van der Waals surface area contributed by atoms with Crippen molar-refractivity contribution in [3.63, 3.8) is 0 Å². The zero-order valence-corrected chi connectivity index (χ0v) is 7.49. The van der Waals surface area contributed by atoms with Gasteiger partial charge in [-0.2, -0.15) is 0 Å². The highest BCUT2D eigenvalue weighted by Crippen LogP contribution is 2.37. The summed E-state index contributed by atoms with van der Waals surface area (Å²) in [6.07, 6.45) is 2.52. The molecule has 1 aromatic heterocycles. The van der Waals surface area contributed by atoms with Gasteiger partial charge in [-0.05, 0) is 12.3 Å². The minimum Gasteiger partial charge on any atom is -0.364 e. The number of hydrogen-bond acceptors (Lipinski definition) is 3. The van der Waals surface area contributed by atoms with Crippen LogP contribution in [0.25, 0.3) is 0 Å². The summed E-state index contributed by atoms with van der Waals surface area (Å²) >= 11 is 0. The Hall–Kier alpha value is -1.32. The second-order valence-corrected chi connectivity index (χ2v) is 3.53. The molecule has 2 unspecified atom stereocenters. The predicted molar refractivity (Wildman–Crippen MR) is 45.6 cm³/mol. The average Bonchev–Trinajstić information content (AvgIpc) is 2.68. The molecular weight excluding hydrogens is 168 g/mol. The predicted octanol–water partition coefficient (Wildman–Crippen LogP) is 0.947. The summed E-state index contributed by atoms with van der Waals surface area (Å²) in [6.45, 7) is 2.55. The monoisotopic (exact) mass is 180 g/mol. The number of nitrogens with zero attached hydrogens (tertiary/aromatic N) is 1. The lowest BCUT2D eigenvalue weighted by Crippen LogP contribution is -2.24. The van der Waals surface area contributed by atoms with Gasteiger partial charge in [0.05, 0.1) is 6.54 Å². The Morgan fingerprint density at radius 2 is 2.62 bits per heavy atom. The first-order valence-corrected chi connectivity index (χ1v) is 4.44. The van der Waals surface area contributed by atoms with Crippen molar-refractivity contribution >= 4 is 5.91 Å². The van der Waals surface area contributed by atoms with Crippen LogP contribution in [-0.2, 0) is 11.3 Å². The molecular formula is C9H12N2O2. The van der Waals surface area contributed by atoms with Gasteiger partial charge in [0.15, 0.2) is 0 Å². The van der Waals surface area contributed by atoms with Gasteiger partial charge in [-0.3, -0.25) is 4.79 Å². The molecule has 0 aromatic carbocycles. The number of rotatable bonds is 3. The van der Waals surface area contributed by atoms with E-state index in [0.29, 0.717) is 12.5 Å².